The minimum Gasteiger partial charge on any atom is -0.478 e. The van der Waals surface area contributed by atoms with Gasteiger partial charge in [0.25, 0.3) is 0 Å². The zero-order chi connectivity index (χ0) is 22.1. The zero-order valence-electron chi connectivity index (χ0n) is 17.1. The van der Waals surface area contributed by atoms with Crippen LogP contribution in [0.3, 0.4) is 0 Å². The first kappa shape index (κ1) is 22.0. The number of nitrogens with zero attached hydrogens (tertiary/aromatic N) is 2. The zero-order valence-corrected chi connectivity index (χ0v) is 17.1. The van der Waals surface area contributed by atoms with Crippen molar-refractivity contribution in [1.82, 2.24) is 10.2 Å². The average Bonchev–Trinajstić information content (AvgIpc) is 2.99. The first-order valence-corrected chi connectivity index (χ1v) is 10.1. The maximum absolute atomic E-state index is 9.55. The molecule has 3 N–H and O–H groups in total. The predicted octanol–water partition coefficient (Wildman–Crippen LogP) is 2.97. The molecule has 1 fully saturated rings. The number of rotatable bonds is 3. The van der Waals surface area contributed by atoms with Crippen LogP contribution in [0.25, 0.3) is 5.57 Å². The summed E-state index contributed by atoms with van der Waals surface area (Å²) in [4.78, 5) is 26.6. The molecule has 0 aromatic heterocycles. The Morgan fingerprint density at radius 1 is 0.903 bits per heavy atom. The summed E-state index contributed by atoms with van der Waals surface area (Å²) in [5, 5.41) is 19.1. The first-order valence-electron chi connectivity index (χ1n) is 10.1. The molecule has 4 rings (SSSR count). The number of nitrogens with one attached hydrogen (secondary N) is 1. The number of fused-ring (bicyclic) bond motifs is 1. The maximum Gasteiger partial charge on any atom is 0.328 e. The van der Waals surface area contributed by atoms with Crippen LogP contribution in [0, 0.1) is 0 Å². The number of benzene rings is 2. The quantitative estimate of drug-likeness (QED) is 0.661. The van der Waals surface area contributed by atoms with Crippen molar-refractivity contribution in [3.05, 3.63) is 84.0 Å². The van der Waals surface area contributed by atoms with E-state index in [-0.39, 0.29) is 0 Å². The van der Waals surface area contributed by atoms with Crippen molar-refractivity contribution in [2.75, 3.05) is 26.2 Å². The van der Waals surface area contributed by atoms with Crippen LogP contribution in [0.4, 0.5) is 5.69 Å². The van der Waals surface area contributed by atoms with E-state index in [2.05, 4.69) is 70.9 Å². The molecule has 160 valence electrons. The topological polar surface area (TPSA) is 102 Å². The molecule has 2 aliphatic heterocycles. The summed E-state index contributed by atoms with van der Waals surface area (Å²) in [5.41, 5.74) is 4.90. The molecule has 31 heavy (non-hydrogen) atoms. The van der Waals surface area contributed by atoms with Gasteiger partial charge in [-0.3, -0.25) is 0 Å². The van der Waals surface area contributed by atoms with Crippen LogP contribution in [-0.4, -0.2) is 59.1 Å². The van der Waals surface area contributed by atoms with Gasteiger partial charge in [0, 0.05) is 43.9 Å². The molecule has 0 atom stereocenters. The summed E-state index contributed by atoms with van der Waals surface area (Å²) in [6.07, 6.45) is 4.38. The number of aliphatic imine (C=N–C) groups is 1. The van der Waals surface area contributed by atoms with E-state index in [1.54, 1.807) is 0 Å². The monoisotopic (exact) mass is 419 g/mol. The highest BCUT2D eigenvalue weighted by Gasteiger charge is 2.21. The largest absolute Gasteiger partial charge is 0.478 e. The van der Waals surface area contributed by atoms with E-state index >= 15 is 0 Å². The molecule has 0 spiro atoms. The highest BCUT2D eigenvalue weighted by Crippen LogP contribution is 2.29. The number of hydrogen-bond acceptors (Lipinski definition) is 5. The van der Waals surface area contributed by atoms with Crippen molar-refractivity contribution in [2.24, 2.45) is 4.99 Å². The summed E-state index contributed by atoms with van der Waals surface area (Å²) in [6, 6.07) is 19.1. The van der Waals surface area contributed by atoms with Crippen molar-refractivity contribution < 1.29 is 19.8 Å². The Bertz CT molecular complexity index is 990. The van der Waals surface area contributed by atoms with E-state index in [1.807, 2.05) is 0 Å². The lowest BCUT2D eigenvalue weighted by molar-refractivity contribution is -0.134. The number of aliphatic carboxylic acids is 2. The fourth-order valence-corrected chi connectivity index (χ4v) is 3.40. The van der Waals surface area contributed by atoms with E-state index in [0.29, 0.717) is 12.2 Å². The van der Waals surface area contributed by atoms with Crippen molar-refractivity contribution in [3.63, 3.8) is 0 Å². The van der Waals surface area contributed by atoms with Crippen LogP contribution in [0.1, 0.15) is 11.1 Å². The molecule has 7 heteroatoms. The van der Waals surface area contributed by atoms with E-state index in [9.17, 15) is 9.59 Å². The van der Waals surface area contributed by atoms with Crippen LogP contribution in [-0.2, 0) is 16.0 Å². The molecule has 0 radical (unpaired) electrons. The molecule has 2 aromatic carbocycles. The van der Waals surface area contributed by atoms with Gasteiger partial charge < -0.3 is 20.4 Å². The summed E-state index contributed by atoms with van der Waals surface area (Å²) >= 11 is 0. The minimum atomic E-state index is -1.26. The van der Waals surface area contributed by atoms with Gasteiger partial charge in [-0.1, -0.05) is 54.6 Å². The fraction of sp³-hybridized carbons (Fsp3) is 0.208. The van der Waals surface area contributed by atoms with Crippen molar-refractivity contribution in [3.8, 4) is 0 Å². The summed E-state index contributed by atoms with van der Waals surface area (Å²) in [6.45, 7) is 4.04. The Balaban J connectivity index is 0.000000293. The molecule has 0 amide bonds. The van der Waals surface area contributed by atoms with Gasteiger partial charge in [-0.05, 0) is 23.6 Å². The number of amidine groups is 1. The molecule has 7 nitrogen and oxygen atoms in total. The van der Waals surface area contributed by atoms with Gasteiger partial charge >= 0.3 is 11.9 Å². The van der Waals surface area contributed by atoms with Gasteiger partial charge in [-0.15, -0.1) is 0 Å². The van der Waals surface area contributed by atoms with Crippen molar-refractivity contribution in [1.29, 1.82) is 0 Å². The molecule has 0 aliphatic carbocycles. The van der Waals surface area contributed by atoms with E-state index in [1.165, 1.54) is 16.7 Å². The highest BCUT2D eigenvalue weighted by atomic mass is 16.4. The van der Waals surface area contributed by atoms with Crippen LogP contribution in [0.2, 0.25) is 0 Å². The molecule has 2 heterocycles. The Hall–Kier alpha value is -3.71. The third-order valence-corrected chi connectivity index (χ3v) is 4.85. The van der Waals surface area contributed by atoms with Crippen molar-refractivity contribution >= 4 is 29.0 Å². The third-order valence-electron chi connectivity index (χ3n) is 4.85. The lowest BCUT2D eigenvalue weighted by Gasteiger charge is -2.31. The van der Waals surface area contributed by atoms with E-state index < -0.39 is 11.9 Å². The Morgan fingerprint density at radius 2 is 1.52 bits per heavy atom. The molecule has 1 saturated heterocycles. The minimum absolute atomic E-state index is 0.558. The maximum atomic E-state index is 9.55. The molecule has 0 bridgehead atoms. The van der Waals surface area contributed by atoms with Gasteiger partial charge in [0.2, 0.25) is 0 Å². The smallest absolute Gasteiger partial charge is 0.328 e. The summed E-state index contributed by atoms with van der Waals surface area (Å²) in [7, 11) is 0. The van der Waals surface area contributed by atoms with Gasteiger partial charge in [-0.2, -0.15) is 0 Å². The molecule has 0 unspecified atom stereocenters. The molecular formula is C24H25N3O4. The number of carbonyl (C=O) groups is 2. The predicted molar refractivity (Wildman–Crippen MR) is 121 cm³/mol. The number of allylic oxidation sites excluding steroid dienone is 1. The van der Waals surface area contributed by atoms with Crippen LogP contribution >= 0.6 is 0 Å². The molecule has 0 saturated carbocycles. The van der Waals surface area contributed by atoms with Gasteiger partial charge in [0.1, 0.15) is 5.84 Å². The Labute approximate surface area is 181 Å². The van der Waals surface area contributed by atoms with Gasteiger partial charge in [0.05, 0.1) is 5.69 Å². The second kappa shape index (κ2) is 10.9. The van der Waals surface area contributed by atoms with Crippen LogP contribution in [0.5, 0.6) is 0 Å². The Kier molecular flexibility index (Phi) is 7.73. The highest BCUT2D eigenvalue weighted by molar-refractivity contribution is 6.23. The van der Waals surface area contributed by atoms with Crippen LogP contribution < -0.4 is 5.32 Å². The normalized spacial score (nSPS) is 15.7. The van der Waals surface area contributed by atoms with Gasteiger partial charge in [0.15, 0.2) is 0 Å². The second-order valence-corrected chi connectivity index (χ2v) is 7.00. The van der Waals surface area contributed by atoms with Crippen molar-refractivity contribution in [2.45, 2.75) is 6.42 Å². The lowest BCUT2D eigenvalue weighted by Crippen LogP contribution is -2.46. The first-order chi connectivity index (χ1) is 15.0. The standard InChI is InChI=1S/C20H21N3.C4H4O4/c1-2-6-16(7-3-1)18-11-10-17-8-4-5-9-19(17)22-20(18)23-14-12-21-13-15-23;5-3(6)1-2-4(7)8/h1-9,11,21H,10,12-15H2;1-2H,(H,5,6)(H,7,8)/b;2-1+. The van der Waals surface area contributed by atoms with E-state index in [0.717, 1.165) is 44.1 Å². The number of para-hydroxylation sites is 1. The van der Waals surface area contributed by atoms with Crippen LogP contribution in [0.15, 0.2) is 77.8 Å². The number of carboxylic acids is 2. The SMILES string of the molecule is C1=C(c2ccccc2)C(N2CCNCC2)=Nc2ccccc2C1.O=C(O)/C=C/C(=O)O. The number of carboxylic acid groups (broad SMARTS) is 2. The third kappa shape index (κ3) is 6.38. The summed E-state index contributed by atoms with van der Waals surface area (Å²) in [5.74, 6) is -1.40. The number of hydrogen-bond donors (Lipinski definition) is 3. The molecule has 2 aliphatic rings. The number of piperazine rings is 1. The lowest BCUT2D eigenvalue weighted by atomic mass is 10.0. The average molecular weight is 419 g/mol. The molecule has 2 aromatic rings. The Morgan fingerprint density at radius 3 is 2.16 bits per heavy atom. The second-order valence-electron chi connectivity index (χ2n) is 7.00. The fourth-order valence-electron chi connectivity index (χ4n) is 3.40. The van der Waals surface area contributed by atoms with Gasteiger partial charge in [-0.25, -0.2) is 14.6 Å². The molecular weight excluding hydrogens is 394 g/mol. The van der Waals surface area contributed by atoms with E-state index in [4.69, 9.17) is 15.2 Å². The summed E-state index contributed by atoms with van der Waals surface area (Å²) < 4.78 is 0.